The van der Waals surface area contributed by atoms with E-state index in [-0.39, 0.29) is 11.6 Å². The zero-order chi connectivity index (χ0) is 28.6. The third-order valence-corrected chi connectivity index (χ3v) is 6.08. The van der Waals surface area contributed by atoms with Crippen molar-refractivity contribution in [3.63, 3.8) is 0 Å². The highest BCUT2D eigenvalue weighted by atomic mass is 19.4. The van der Waals surface area contributed by atoms with Crippen LogP contribution in [-0.4, -0.2) is 30.4 Å². The number of aliphatic carboxylic acids is 1. The van der Waals surface area contributed by atoms with E-state index in [1.807, 2.05) is 54.6 Å². The molecule has 0 fully saturated rings. The van der Waals surface area contributed by atoms with Gasteiger partial charge in [-0.1, -0.05) is 60.7 Å². The Morgan fingerprint density at radius 1 is 1.05 bits per heavy atom. The number of alkyl halides is 3. The molecule has 0 amide bonds. The maximum atomic E-state index is 13.4. The maximum Gasteiger partial charge on any atom is 0.430 e. The fourth-order valence-corrected chi connectivity index (χ4v) is 4.13. The van der Waals surface area contributed by atoms with Crippen LogP contribution in [0.15, 0.2) is 83.7 Å². The van der Waals surface area contributed by atoms with Gasteiger partial charge in [0.1, 0.15) is 29.5 Å². The van der Waals surface area contributed by atoms with Crippen molar-refractivity contribution in [2.75, 3.05) is 13.7 Å². The van der Waals surface area contributed by atoms with E-state index >= 15 is 0 Å². The molecular formula is C29H26F3N3O4. The van der Waals surface area contributed by atoms with E-state index in [0.717, 1.165) is 16.5 Å². The highest BCUT2D eigenvalue weighted by Gasteiger charge is 2.28. The average molecular weight is 538 g/mol. The molecule has 10 heteroatoms. The number of fused-ring (bicyclic) bond motifs is 1. The Morgan fingerprint density at radius 3 is 2.18 bits per heavy atom. The number of nitriles is 1. The van der Waals surface area contributed by atoms with Crippen molar-refractivity contribution in [3.05, 3.63) is 100 Å². The van der Waals surface area contributed by atoms with Crippen molar-refractivity contribution in [1.29, 1.82) is 5.26 Å². The number of hydrogen-bond donors (Lipinski definition) is 1. The predicted octanol–water partition coefficient (Wildman–Crippen LogP) is 3.17. The van der Waals surface area contributed by atoms with Gasteiger partial charge in [-0.3, -0.25) is 9.36 Å². The number of hydrogen-bond acceptors (Lipinski definition) is 5. The summed E-state index contributed by atoms with van der Waals surface area (Å²) in [6.07, 6.45) is -5.19. The van der Waals surface area contributed by atoms with E-state index < -0.39 is 12.1 Å². The number of quaternary nitrogens is 1. The van der Waals surface area contributed by atoms with E-state index in [9.17, 15) is 23.2 Å². The number of nitrogens with zero attached hydrogens (tertiary/aromatic N) is 2. The Hall–Kier alpha value is -4.62. The molecule has 0 saturated carbocycles. The smallest absolute Gasteiger partial charge is 0.430 e. The van der Waals surface area contributed by atoms with Crippen LogP contribution in [0.1, 0.15) is 24.2 Å². The van der Waals surface area contributed by atoms with Gasteiger partial charge >= 0.3 is 6.18 Å². The summed E-state index contributed by atoms with van der Waals surface area (Å²) >= 11 is 0. The van der Waals surface area contributed by atoms with Crippen LogP contribution in [-0.2, 0) is 11.3 Å². The number of carbonyl (C=O) groups excluding carboxylic acids is 1. The standard InChI is InChI=1S/C27H25N3O2.C2HF3O2/c1-19(20-9-5-3-6-10-20)29-15-16-30-25(18-28)26(21-11-7-4-8-12-21)24-17-22(32-2)13-14-23(24)27(30)31;3-2(4,5)1(6)7/h3-14,17,19,29H,15-16H2,1-2H3;(H,6,7)/t19-;/m0./s1. The zero-order valence-electron chi connectivity index (χ0n) is 21.2. The van der Waals surface area contributed by atoms with Crippen LogP contribution in [0.25, 0.3) is 21.9 Å². The molecule has 1 heterocycles. The molecule has 4 aromatic rings. The number of benzene rings is 3. The first kappa shape index (κ1) is 28.9. The summed E-state index contributed by atoms with van der Waals surface area (Å²) in [5.41, 5.74) is 3.12. The van der Waals surface area contributed by atoms with Crippen molar-refractivity contribution in [2.45, 2.75) is 25.7 Å². The van der Waals surface area contributed by atoms with Crippen LogP contribution in [0.4, 0.5) is 13.2 Å². The molecule has 202 valence electrons. The minimum absolute atomic E-state index is 0.153. The molecule has 7 nitrogen and oxygen atoms in total. The van der Waals surface area contributed by atoms with Gasteiger partial charge in [-0.05, 0) is 30.7 Å². The van der Waals surface area contributed by atoms with E-state index in [1.54, 1.807) is 23.8 Å². The van der Waals surface area contributed by atoms with Crippen LogP contribution in [0.3, 0.4) is 0 Å². The highest BCUT2D eigenvalue weighted by Crippen LogP contribution is 2.32. The highest BCUT2D eigenvalue weighted by molar-refractivity contribution is 5.99. The summed E-state index contributed by atoms with van der Waals surface area (Å²) in [4.78, 5) is 22.2. The first-order valence-corrected chi connectivity index (χ1v) is 11.9. The molecule has 0 unspecified atom stereocenters. The van der Waals surface area contributed by atoms with Crippen molar-refractivity contribution in [2.24, 2.45) is 0 Å². The minimum atomic E-state index is -5.19. The number of carbonyl (C=O) groups is 1. The molecule has 0 aliphatic heterocycles. The first-order chi connectivity index (χ1) is 18.6. The fourth-order valence-electron chi connectivity index (χ4n) is 4.13. The quantitative estimate of drug-likeness (QED) is 0.389. The number of aromatic nitrogens is 1. The number of pyridine rings is 1. The number of halogens is 3. The summed E-state index contributed by atoms with van der Waals surface area (Å²) in [6.45, 7) is 3.27. The third kappa shape index (κ3) is 7.03. The number of carboxylic acid groups (broad SMARTS) is 1. The molecule has 0 bridgehead atoms. The Balaban J connectivity index is 0.000000532. The SMILES string of the molecule is COc1ccc2c(=O)n(CC[NH2+][C@@H](C)c3ccccc3)c(C#N)c(-c3ccccc3)c2c1.O=C([O-])C(F)(F)F. The topological polar surface area (TPSA) is 112 Å². The first-order valence-electron chi connectivity index (χ1n) is 11.9. The fraction of sp³-hybridized carbons (Fsp3) is 0.207. The summed E-state index contributed by atoms with van der Waals surface area (Å²) in [5, 5.41) is 22.4. The van der Waals surface area contributed by atoms with Crippen molar-refractivity contribution in [1.82, 2.24) is 4.57 Å². The lowest BCUT2D eigenvalue weighted by molar-refractivity contribution is -0.693. The van der Waals surface area contributed by atoms with Crippen molar-refractivity contribution >= 4 is 16.7 Å². The van der Waals surface area contributed by atoms with Crippen LogP contribution >= 0.6 is 0 Å². The normalized spacial score (nSPS) is 11.7. The summed E-state index contributed by atoms with van der Waals surface area (Å²) < 4.78 is 38.6. The number of nitrogens with two attached hydrogens (primary N) is 1. The van der Waals surface area contributed by atoms with E-state index in [2.05, 4.69) is 30.4 Å². The summed E-state index contributed by atoms with van der Waals surface area (Å²) in [5.74, 6) is -2.35. The van der Waals surface area contributed by atoms with Gasteiger partial charge in [0.25, 0.3) is 5.56 Å². The molecule has 39 heavy (non-hydrogen) atoms. The average Bonchev–Trinajstić information content (AvgIpc) is 2.94. The van der Waals surface area contributed by atoms with Crippen molar-refractivity contribution < 1.29 is 33.1 Å². The number of methoxy groups -OCH3 is 1. The van der Waals surface area contributed by atoms with Gasteiger partial charge in [0.15, 0.2) is 0 Å². The number of rotatable bonds is 7. The van der Waals surface area contributed by atoms with E-state index in [0.29, 0.717) is 29.9 Å². The molecule has 1 atom stereocenters. The molecule has 0 radical (unpaired) electrons. The Bertz CT molecular complexity index is 1530. The van der Waals surface area contributed by atoms with Gasteiger partial charge in [-0.15, -0.1) is 0 Å². The number of carboxylic acids is 1. The minimum Gasteiger partial charge on any atom is -0.542 e. The van der Waals surface area contributed by atoms with Crippen LogP contribution in [0.2, 0.25) is 0 Å². The van der Waals surface area contributed by atoms with Gasteiger partial charge < -0.3 is 20.0 Å². The van der Waals surface area contributed by atoms with Gasteiger partial charge in [-0.2, -0.15) is 18.4 Å². The second kappa shape index (κ2) is 12.8. The van der Waals surface area contributed by atoms with E-state index in [1.165, 1.54) is 5.56 Å². The summed E-state index contributed by atoms with van der Waals surface area (Å²) in [7, 11) is 1.60. The largest absolute Gasteiger partial charge is 0.542 e. The molecule has 0 spiro atoms. The molecule has 2 N–H and O–H groups in total. The second-order valence-electron chi connectivity index (χ2n) is 8.58. The lowest BCUT2D eigenvalue weighted by Crippen LogP contribution is -2.85. The van der Waals surface area contributed by atoms with Gasteiger partial charge in [0, 0.05) is 21.9 Å². The maximum absolute atomic E-state index is 13.4. The molecule has 0 aliphatic carbocycles. The van der Waals surface area contributed by atoms with Crippen LogP contribution < -0.4 is 20.7 Å². The Labute approximate surface area is 222 Å². The zero-order valence-corrected chi connectivity index (χ0v) is 21.2. The van der Waals surface area contributed by atoms with Gasteiger partial charge in [0.2, 0.25) is 0 Å². The van der Waals surface area contributed by atoms with Crippen LogP contribution in [0, 0.1) is 11.3 Å². The summed E-state index contributed by atoms with van der Waals surface area (Å²) in [6, 6.07) is 28.0. The molecule has 3 aromatic carbocycles. The third-order valence-electron chi connectivity index (χ3n) is 6.08. The van der Waals surface area contributed by atoms with Gasteiger partial charge in [0.05, 0.1) is 20.2 Å². The lowest BCUT2D eigenvalue weighted by atomic mass is 9.97. The lowest BCUT2D eigenvalue weighted by Gasteiger charge is -2.17. The second-order valence-corrected chi connectivity index (χ2v) is 8.58. The molecule has 4 rings (SSSR count). The molecular weight excluding hydrogens is 511 g/mol. The molecule has 1 aromatic heterocycles. The predicted molar refractivity (Wildman–Crippen MR) is 138 cm³/mol. The molecule has 0 aliphatic rings. The Kier molecular flexibility index (Phi) is 9.47. The monoisotopic (exact) mass is 537 g/mol. The van der Waals surface area contributed by atoms with Gasteiger partial charge in [-0.25, -0.2) is 0 Å². The van der Waals surface area contributed by atoms with Crippen LogP contribution in [0.5, 0.6) is 5.75 Å². The molecule has 0 saturated heterocycles. The Morgan fingerprint density at radius 2 is 1.64 bits per heavy atom. The van der Waals surface area contributed by atoms with Crippen molar-refractivity contribution in [3.8, 4) is 22.9 Å². The number of ether oxygens (including phenoxy) is 1. The van der Waals surface area contributed by atoms with E-state index in [4.69, 9.17) is 14.6 Å².